The molecule has 0 heterocycles. The van der Waals surface area contributed by atoms with Crippen molar-refractivity contribution in [3.8, 4) is 5.75 Å². The summed E-state index contributed by atoms with van der Waals surface area (Å²) in [4.78, 5) is 11.1. The number of carbonyl (C=O) groups excluding carboxylic acids is 1. The smallest absolute Gasteiger partial charge is 0.257 e. The number of benzene rings is 1. The molecule has 0 aliphatic carbocycles. The molecule has 0 aliphatic heterocycles. The normalized spacial score (nSPS) is 9.76. The van der Waals surface area contributed by atoms with Gasteiger partial charge in [0.1, 0.15) is 11.6 Å². The Morgan fingerprint density at radius 1 is 1.53 bits per heavy atom. The second kappa shape index (κ2) is 5.86. The fourth-order valence-corrected chi connectivity index (χ4v) is 1.24. The van der Waals surface area contributed by atoms with E-state index in [2.05, 4.69) is 5.32 Å². The Hall–Kier alpha value is -2.08. The minimum Gasteiger partial charge on any atom is -0.483 e. The third kappa shape index (κ3) is 3.46. The molecule has 1 aromatic carbocycles. The van der Waals surface area contributed by atoms with Gasteiger partial charge in [-0.2, -0.15) is 0 Å². The summed E-state index contributed by atoms with van der Waals surface area (Å²) >= 11 is 0. The van der Waals surface area contributed by atoms with Gasteiger partial charge in [0.05, 0.1) is 0 Å². The number of likely N-dealkylation sites (N-methyl/N-ethyl adjacent to an activating group) is 1. The number of hydrogen-bond donors (Lipinski definition) is 4. The van der Waals surface area contributed by atoms with Crippen LogP contribution in [0.2, 0.25) is 0 Å². The number of ether oxygens (including phenoxy) is 1. The standard InChI is InChI=1S/C11H16N4O2/c1-15-10(16)6-17-9-4-7(11(13)14)2-3-8(9)5-12/h2-4H,5-6,12H2,1H3,(H3,13,14)(H,15,16). The van der Waals surface area contributed by atoms with Gasteiger partial charge in [0, 0.05) is 24.7 Å². The van der Waals surface area contributed by atoms with Crippen molar-refractivity contribution in [1.82, 2.24) is 5.32 Å². The molecular weight excluding hydrogens is 220 g/mol. The molecule has 0 saturated carbocycles. The van der Waals surface area contributed by atoms with Gasteiger partial charge in [0.25, 0.3) is 5.91 Å². The molecule has 92 valence electrons. The molecule has 1 rings (SSSR count). The Balaban J connectivity index is 2.90. The quantitative estimate of drug-likeness (QED) is 0.409. The van der Waals surface area contributed by atoms with Crippen LogP contribution in [0.4, 0.5) is 0 Å². The van der Waals surface area contributed by atoms with Crippen LogP contribution in [-0.2, 0) is 11.3 Å². The van der Waals surface area contributed by atoms with Crippen molar-refractivity contribution in [3.63, 3.8) is 0 Å². The Kier molecular flexibility index (Phi) is 4.47. The molecule has 0 atom stereocenters. The van der Waals surface area contributed by atoms with Gasteiger partial charge >= 0.3 is 0 Å². The molecule has 0 fully saturated rings. The highest BCUT2D eigenvalue weighted by atomic mass is 16.5. The topological polar surface area (TPSA) is 114 Å². The summed E-state index contributed by atoms with van der Waals surface area (Å²) in [7, 11) is 1.53. The molecule has 0 aliphatic rings. The highest BCUT2D eigenvalue weighted by Crippen LogP contribution is 2.19. The number of rotatable bonds is 5. The van der Waals surface area contributed by atoms with Crippen LogP contribution in [0.25, 0.3) is 0 Å². The summed E-state index contributed by atoms with van der Waals surface area (Å²) in [6, 6.07) is 5.03. The van der Waals surface area contributed by atoms with E-state index in [1.165, 1.54) is 7.05 Å². The Morgan fingerprint density at radius 3 is 2.76 bits per heavy atom. The van der Waals surface area contributed by atoms with Gasteiger partial charge in [-0.15, -0.1) is 0 Å². The van der Waals surface area contributed by atoms with Crippen molar-refractivity contribution in [1.29, 1.82) is 5.41 Å². The Bertz CT molecular complexity index is 431. The molecule has 0 aromatic heterocycles. The number of carbonyl (C=O) groups is 1. The zero-order chi connectivity index (χ0) is 12.8. The number of nitrogen functional groups attached to an aromatic ring is 1. The maximum atomic E-state index is 11.1. The minimum atomic E-state index is -0.235. The van der Waals surface area contributed by atoms with Crippen molar-refractivity contribution >= 4 is 11.7 Å². The number of nitrogens with two attached hydrogens (primary N) is 2. The Morgan fingerprint density at radius 2 is 2.24 bits per heavy atom. The lowest BCUT2D eigenvalue weighted by atomic mass is 10.1. The third-order valence-electron chi connectivity index (χ3n) is 2.24. The maximum Gasteiger partial charge on any atom is 0.257 e. The monoisotopic (exact) mass is 236 g/mol. The van der Waals surface area contributed by atoms with Crippen molar-refractivity contribution in [2.24, 2.45) is 11.5 Å². The van der Waals surface area contributed by atoms with Gasteiger partial charge in [-0.3, -0.25) is 10.2 Å². The largest absolute Gasteiger partial charge is 0.483 e. The van der Waals surface area contributed by atoms with Crippen LogP contribution in [0.1, 0.15) is 11.1 Å². The lowest BCUT2D eigenvalue weighted by Gasteiger charge is -2.11. The second-order valence-electron chi connectivity index (χ2n) is 3.40. The summed E-state index contributed by atoms with van der Waals surface area (Å²) in [5.41, 5.74) is 12.2. The van der Waals surface area contributed by atoms with E-state index in [4.69, 9.17) is 21.6 Å². The van der Waals surface area contributed by atoms with E-state index < -0.39 is 0 Å². The minimum absolute atomic E-state index is 0.0571. The molecule has 6 nitrogen and oxygen atoms in total. The average molecular weight is 236 g/mol. The molecule has 6 N–H and O–H groups in total. The van der Waals surface area contributed by atoms with Crippen LogP contribution in [0, 0.1) is 5.41 Å². The summed E-state index contributed by atoms with van der Waals surface area (Å²) in [5.74, 6) is 0.184. The highest BCUT2D eigenvalue weighted by Gasteiger charge is 2.07. The van der Waals surface area contributed by atoms with E-state index in [9.17, 15) is 4.79 Å². The second-order valence-corrected chi connectivity index (χ2v) is 3.40. The predicted molar refractivity (Wildman–Crippen MR) is 64.9 cm³/mol. The Labute approximate surface area is 99.4 Å². The average Bonchev–Trinajstić information content (AvgIpc) is 2.35. The lowest BCUT2D eigenvalue weighted by Crippen LogP contribution is -2.25. The van der Waals surface area contributed by atoms with Crippen molar-refractivity contribution in [2.75, 3.05) is 13.7 Å². The van der Waals surface area contributed by atoms with Crippen molar-refractivity contribution in [3.05, 3.63) is 29.3 Å². The van der Waals surface area contributed by atoms with E-state index in [-0.39, 0.29) is 18.3 Å². The van der Waals surface area contributed by atoms with Gasteiger partial charge < -0.3 is 21.5 Å². The summed E-state index contributed by atoms with van der Waals surface area (Å²) in [6.45, 7) is 0.201. The number of amides is 1. The van der Waals surface area contributed by atoms with Crippen LogP contribution in [0.15, 0.2) is 18.2 Å². The van der Waals surface area contributed by atoms with Crippen LogP contribution in [0.3, 0.4) is 0 Å². The van der Waals surface area contributed by atoms with Crippen molar-refractivity contribution < 1.29 is 9.53 Å². The molecule has 1 aromatic rings. The first-order valence-electron chi connectivity index (χ1n) is 5.09. The molecule has 0 bridgehead atoms. The highest BCUT2D eigenvalue weighted by molar-refractivity contribution is 5.95. The molecule has 0 unspecified atom stereocenters. The summed E-state index contributed by atoms with van der Waals surface area (Å²) in [5, 5.41) is 9.77. The molecule has 0 radical (unpaired) electrons. The molecule has 0 saturated heterocycles. The van der Waals surface area contributed by atoms with Gasteiger partial charge in [0.2, 0.25) is 0 Å². The predicted octanol–water partition coefficient (Wildman–Crippen LogP) is -0.446. The first-order chi connectivity index (χ1) is 8.08. The number of hydrogen-bond acceptors (Lipinski definition) is 4. The molecule has 0 spiro atoms. The van der Waals surface area contributed by atoms with Crippen LogP contribution in [-0.4, -0.2) is 25.4 Å². The van der Waals surface area contributed by atoms with Gasteiger partial charge in [-0.05, 0) is 6.07 Å². The van der Waals surface area contributed by atoms with Crippen LogP contribution in [0.5, 0.6) is 5.75 Å². The first kappa shape index (κ1) is 13.0. The molecule has 1 amide bonds. The summed E-state index contributed by atoms with van der Waals surface area (Å²) in [6.07, 6.45) is 0. The van der Waals surface area contributed by atoms with Gasteiger partial charge in [-0.1, -0.05) is 12.1 Å². The first-order valence-corrected chi connectivity index (χ1v) is 5.09. The number of nitrogens with one attached hydrogen (secondary N) is 2. The zero-order valence-electron chi connectivity index (χ0n) is 9.62. The van der Waals surface area contributed by atoms with Crippen LogP contribution < -0.4 is 21.5 Å². The van der Waals surface area contributed by atoms with E-state index in [1.807, 2.05) is 0 Å². The van der Waals surface area contributed by atoms with Crippen LogP contribution >= 0.6 is 0 Å². The fraction of sp³-hybridized carbons (Fsp3) is 0.273. The summed E-state index contributed by atoms with van der Waals surface area (Å²) < 4.78 is 5.33. The molecule has 17 heavy (non-hydrogen) atoms. The lowest BCUT2D eigenvalue weighted by molar-refractivity contribution is -0.122. The van der Waals surface area contributed by atoms with E-state index in [0.717, 1.165) is 5.56 Å². The van der Waals surface area contributed by atoms with E-state index in [1.54, 1.807) is 18.2 Å². The van der Waals surface area contributed by atoms with Gasteiger partial charge in [-0.25, -0.2) is 0 Å². The zero-order valence-corrected chi connectivity index (χ0v) is 9.62. The molecule has 6 heteroatoms. The third-order valence-corrected chi connectivity index (χ3v) is 2.24. The van der Waals surface area contributed by atoms with E-state index >= 15 is 0 Å². The van der Waals surface area contributed by atoms with Gasteiger partial charge in [0.15, 0.2) is 6.61 Å². The fourth-order valence-electron chi connectivity index (χ4n) is 1.24. The SMILES string of the molecule is CNC(=O)COc1cc(C(=N)N)ccc1CN. The maximum absolute atomic E-state index is 11.1. The van der Waals surface area contributed by atoms with Crippen molar-refractivity contribution in [2.45, 2.75) is 6.54 Å². The molecular formula is C11H16N4O2. The van der Waals surface area contributed by atoms with E-state index in [0.29, 0.717) is 17.9 Å². The number of amidine groups is 1.